The number of nitrogens with zero attached hydrogens (tertiary/aromatic N) is 2. The van der Waals surface area contributed by atoms with Crippen LogP contribution in [0.2, 0.25) is 0 Å². The summed E-state index contributed by atoms with van der Waals surface area (Å²) in [4.78, 5) is 27.6. The van der Waals surface area contributed by atoms with E-state index in [4.69, 9.17) is 16.2 Å². The number of primary amides is 2. The van der Waals surface area contributed by atoms with Crippen molar-refractivity contribution in [2.24, 2.45) is 11.5 Å². The molecule has 0 spiro atoms. The number of ether oxygens (including phenoxy) is 1. The molecular weight excluding hydrogens is 445 g/mol. The molecule has 11 heteroatoms. The van der Waals surface area contributed by atoms with Crippen molar-refractivity contribution in [3.8, 4) is 10.8 Å². The van der Waals surface area contributed by atoms with Crippen molar-refractivity contribution in [1.82, 2.24) is 9.55 Å². The van der Waals surface area contributed by atoms with Crippen LogP contribution < -0.4 is 16.2 Å². The first kappa shape index (κ1) is 21.4. The molecule has 0 radical (unpaired) electrons. The van der Waals surface area contributed by atoms with Gasteiger partial charge in [-0.05, 0) is 24.3 Å². The number of rotatable bonds is 6. The lowest BCUT2D eigenvalue weighted by atomic mass is 10.1. The Balaban J connectivity index is 1.68. The van der Waals surface area contributed by atoms with Gasteiger partial charge in [-0.25, -0.2) is 4.98 Å². The lowest BCUT2D eigenvalue weighted by Gasteiger charge is -2.13. The Bertz CT molecular complexity index is 1340. The Labute approximate surface area is 183 Å². The maximum Gasteiger partial charge on any atom is 0.416 e. The van der Waals surface area contributed by atoms with Gasteiger partial charge < -0.3 is 16.2 Å². The number of thiophene rings is 1. The largest absolute Gasteiger partial charge is 0.487 e. The molecule has 0 fully saturated rings. The summed E-state index contributed by atoms with van der Waals surface area (Å²) >= 11 is 1.01. The number of amides is 2. The van der Waals surface area contributed by atoms with Crippen molar-refractivity contribution in [2.75, 3.05) is 0 Å². The lowest BCUT2D eigenvalue weighted by molar-refractivity contribution is -0.138. The number of halogens is 3. The predicted octanol–water partition coefficient (Wildman–Crippen LogP) is 3.88. The normalized spacial score (nSPS) is 11.6. The number of aromatic nitrogens is 2. The van der Waals surface area contributed by atoms with E-state index in [1.807, 2.05) is 0 Å². The summed E-state index contributed by atoms with van der Waals surface area (Å²) in [6.45, 7) is -0.404. The van der Waals surface area contributed by atoms with Crippen LogP contribution in [0.25, 0.3) is 16.0 Å². The Kier molecular flexibility index (Phi) is 5.35. The van der Waals surface area contributed by atoms with E-state index in [0.717, 1.165) is 17.4 Å². The molecule has 0 bridgehead atoms. The zero-order valence-corrected chi connectivity index (χ0v) is 17.0. The summed E-state index contributed by atoms with van der Waals surface area (Å²) in [6, 6.07) is 11.2. The first-order valence-electron chi connectivity index (χ1n) is 9.14. The Morgan fingerprint density at radius 3 is 2.50 bits per heavy atom. The fourth-order valence-electron chi connectivity index (χ4n) is 3.18. The summed E-state index contributed by atoms with van der Waals surface area (Å²) in [6.07, 6.45) is -3.06. The molecule has 2 aromatic heterocycles. The average Bonchev–Trinajstić information content (AvgIpc) is 3.35. The van der Waals surface area contributed by atoms with Gasteiger partial charge in [0.05, 0.1) is 16.6 Å². The fraction of sp³-hybridized carbons (Fsp3) is 0.0952. The molecule has 0 saturated carbocycles. The summed E-state index contributed by atoms with van der Waals surface area (Å²) in [5, 5.41) is 0.507. The monoisotopic (exact) mass is 460 g/mol. The third kappa shape index (κ3) is 4.02. The van der Waals surface area contributed by atoms with Crippen LogP contribution in [0.4, 0.5) is 13.2 Å². The first-order chi connectivity index (χ1) is 15.1. The molecule has 2 amide bonds. The highest BCUT2D eigenvalue weighted by atomic mass is 32.1. The van der Waals surface area contributed by atoms with Crippen molar-refractivity contribution >= 4 is 34.2 Å². The van der Waals surface area contributed by atoms with E-state index < -0.39 is 30.2 Å². The van der Waals surface area contributed by atoms with Gasteiger partial charge in [-0.1, -0.05) is 18.2 Å². The van der Waals surface area contributed by atoms with E-state index in [0.29, 0.717) is 21.6 Å². The van der Waals surface area contributed by atoms with Gasteiger partial charge in [-0.2, -0.15) is 13.2 Å². The Hall–Kier alpha value is -3.86. The minimum Gasteiger partial charge on any atom is -0.487 e. The third-order valence-corrected chi connectivity index (χ3v) is 5.81. The molecule has 7 nitrogen and oxygen atoms in total. The van der Waals surface area contributed by atoms with Crippen molar-refractivity contribution in [1.29, 1.82) is 0 Å². The molecule has 0 unspecified atom stereocenters. The molecular formula is C21H15F3N4O3S. The second-order valence-electron chi connectivity index (χ2n) is 6.77. The number of fused-ring (bicyclic) bond motifs is 1. The van der Waals surface area contributed by atoms with Crippen molar-refractivity contribution < 1.29 is 27.5 Å². The Morgan fingerprint density at radius 1 is 1.06 bits per heavy atom. The van der Waals surface area contributed by atoms with Crippen LogP contribution in [-0.4, -0.2) is 21.4 Å². The molecule has 0 atom stereocenters. The van der Waals surface area contributed by atoms with E-state index in [9.17, 15) is 22.8 Å². The highest BCUT2D eigenvalue weighted by molar-refractivity contribution is 7.16. The van der Waals surface area contributed by atoms with Crippen LogP contribution in [0.15, 0.2) is 54.9 Å². The summed E-state index contributed by atoms with van der Waals surface area (Å²) < 4.78 is 46.9. The number of carbonyl (C=O) groups excluding carboxylic acids is 2. The summed E-state index contributed by atoms with van der Waals surface area (Å²) in [5.74, 6) is -1.31. The van der Waals surface area contributed by atoms with Crippen molar-refractivity contribution in [2.45, 2.75) is 12.8 Å². The zero-order chi connectivity index (χ0) is 23.0. The van der Waals surface area contributed by atoms with E-state index in [1.165, 1.54) is 42.7 Å². The molecule has 0 aliphatic rings. The zero-order valence-electron chi connectivity index (χ0n) is 16.2. The molecule has 4 aromatic rings. The predicted molar refractivity (Wildman–Crippen MR) is 112 cm³/mol. The van der Waals surface area contributed by atoms with Crippen LogP contribution >= 0.6 is 11.3 Å². The number of alkyl halides is 3. The minimum atomic E-state index is -4.54. The molecule has 4 rings (SSSR count). The van der Waals surface area contributed by atoms with Gasteiger partial charge in [-0.15, -0.1) is 11.3 Å². The maximum absolute atomic E-state index is 13.2. The summed E-state index contributed by atoms with van der Waals surface area (Å²) in [7, 11) is 0. The van der Waals surface area contributed by atoms with Crippen molar-refractivity contribution in [3.63, 3.8) is 0 Å². The van der Waals surface area contributed by atoms with Crippen LogP contribution in [0.3, 0.4) is 0 Å². The van der Waals surface area contributed by atoms with Crippen LogP contribution in [0.5, 0.6) is 5.75 Å². The van der Waals surface area contributed by atoms with E-state index in [1.54, 1.807) is 10.6 Å². The fourth-order valence-corrected chi connectivity index (χ4v) is 4.12. The number of hydrogen-bond donors (Lipinski definition) is 2. The lowest BCUT2D eigenvalue weighted by Crippen LogP contribution is -2.13. The quantitative estimate of drug-likeness (QED) is 0.455. The van der Waals surface area contributed by atoms with E-state index in [2.05, 4.69) is 4.98 Å². The SMILES string of the molecule is NC(=O)c1ccc2c(c1)ncn2-c1cc(OCc2ccccc2C(F)(F)F)c(C(N)=O)s1. The smallest absolute Gasteiger partial charge is 0.416 e. The second kappa shape index (κ2) is 8.00. The second-order valence-corrected chi connectivity index (χ2v) is 7.80. The van der Waals surface area contributed by atoms with Gasteiger partial charge in [0.15, 0.2) is 0 Å². The minimum absolute atomic E-state index is 0.0556. The van der Waals surface area contributed by atoms with Gasteiger partial charge in [0.1, 0.15) is 28.6 Å². The first-order valence-corrected chi connectivity index (χ1v) is 9.95. The molecule has 164 valence electrons. The maximum atomic E-state index is 13.2. The number of hydrogen-bond acceptors (Lipinski definition) is 5. The molecule has 0 saturated heterocycles. The number of benzene rings is 2. The topological polar surface area (TPSA) is 113 Å². The third-order valence-electron chi connectivity index (χ3n) is 4.68. The molecule has 2 heterocycles. The standard InChI is InChI=1S/C21H15F3N4O3S/c22-21(23,24)13-4-2-1-3-12(13)9-31-16-8-17(32-18(16)20(26)30)28-10-27-14-7-11(19(25)29)5-6-15(14)28/h1-8,10H,9H2,(H2,25,29)(H2,26,30). The Morgan fingerprint density at radius 2 is 1.81 bits per heavy atom. The van der Waals surface area contributed by atoms with E-state index >= 15 is 0 Å². The number of nitrogens with two attached hydrogens (primary N) is 2. The number of imidazole rings is 1. The van der Waals surface area contributed by atoms with Gasteiger partial charge >= 0.3 is 6.18 Å². The molecule has 2 aromatic carbocycles. The highest BCUT2D eigenvalue weighted by Gasteiger charge is 2.33. The van der Waals surface area contributed by atoms with Gasteiger partial charge in [0, 0.05) is 17.2 Å². The average molecular weight is 460 g/mol. The molecule has 0 aliphatic heterocycles. The van der Waals surface area contributed by atoms with Crippen molar-refractivity contribution in [3.05, 3.63) is 76.4 Å². The molecule has 4 N–H and O–H groups in total. The van der Waals surface area contributed by atoms with E-state index in [-0.39, 0.29) is 16.2 Å². The van der Waals surface area contributed by atoms with Gasteiger partial charge in [0.25, 0.3) is 5.91 Å². The number of carbonyl (C=O) groups is 2. The van der Waals surface area contributed by atoms with Crippen LogP contribution in [0, 0.1) is 0 Å². The highest BCUT2D eigenvalue weighted by Crippen LogP contribution is 2.36. The summed E-state index contributed by atoms with van der Waals surface area (Å²) in [5.41, 5.74) is 11.3. The van der Waals surface area contributed by atoms with Gasteiger partial charge in [-0.3, -0.25) is 14.2 Å². The van der Waals surface area contributed by atoms with Crippen LogP contribution in [-0.2, 0) is 12.8 Å². The van der Waals surface area contributed by atoms with Gasteiger partial charge in [0.2, 0.25) is 5.91 Å². The van der Waals surface area contributed by atoms with Crippen LogP contribution in [0.1, 0.15) is 31.2 Å². The molecule has 32 heavy (non-hydrogen) atoms. The molecule has 0 aliphatic carbocycles.